The summed E-state index contributed by atoms with van der Waals surface area (Å²) < 4.78 is 5.77. The molecule has 3 heteroatoms. The van der Waals surface area contributed by atoms with Gasteiger partial charge in [0, 0.05) is 12.3 Å². The van der Waals surface area contributed by atoms with Crippen molar-refractivity contribution >= 4 is 0 Å². The van der Waals surface area contributed by atoms with Gasteiger partial charge in [-0.3, -0.25) is 4.98 Å². The standard InChI is InChI=1S/C14H19NO2/c1-11-4-2-3-5-12(11)10-17-14-6-7-15-13(8-14)9-16/h2-3,6-8,11-12,16H,4-5,9-10H2,1H3. The molecule has 0 aliphatic heterocycles. The van der Waals surface area contributed by atoms with Crippen molar-refractivity contribution in [2.45, 2.75) is 26.4 Å². The first-order valence-electron chi connectivity index (χ1n) is 6.13. The predicted molar refractivity (Wildman–Crippen MR) is 66.7 cm³/mol. The van der Waals surface area contributed by atoms with Crippen LogP contribution in [0.4, 0.5) is 0 Å². The lowest BCUT2D eigenvalue weighted by Crippen LogP contribution is -2.21. The van der Waals surface area contributed by atoms with E-state index in [0.717, 1.165) is 25.2 Å². The van der Waals surface area contributed by atoms with Crippen LogP contribution in [0.5, 0.6) is 5.75 Å². The molecule has 0 saturated heterocycles. The minimum absolute atomic E-state index is 0.0419. The third-order valence-electron chi connectivity index (χ3n) is 3.33. The highest BCUT2D eigenvalue weighted by molar-refractivity contribution is 5.22. The molecule has 0 amide bonds. The first kappa shape index (κ1) is 12.1. The van der Waals surface area contributed by atoms with Crippen LogP contribution in [0, 0.1) is 11.8 Å². The summed E-state index contributed by atoms with van der Waals surface area (Å²) in [4.78, 5) is 4.03. The monoisotopic (exact) mass is 233 g/mol. The summed E-state index contributed by atoms with van der Waals surface area (Å²) in [6, 6.07) is 3.63. The van der Waals surface area contributed by atoms with Gasteiger partial charge in [-0.25, -0.2) is 0 Å². The fourth-order valence-corrected chi connectivity index (χ4v) is 2.07. The SMILES string of the molecule is CC1CC=CCC1COc1ccnc(CO)c1. The van der Waals surface area contributed by atoms with Gasteiger partial charge < -0.3 is 9.84 Å². The van der Waals surface area contributed by atoms with Crippen LogP contribution in [0.3, 0.4) is 0 Å². The normalized spacial score (nSPS) is 23.6. The number of hydrogen-bond acceptors (Lipinski definition) is 3. The van der Waals surface area contributed by atoms with Crippen LogP contribution in [0.1, 0.15) is 25.5 Å². The average Bonchev–Trinajstić information content (AvgIpc) is 2.38. The minimum Gasteiger partial charge on any atom is -0.493 e. The molecule has 0 saturated carbocycles. The molecule has 0 aromatic carbocycles. The number of pyridine rings is 1. The number of hydrogen-bond donors (Lipinski definition) is 1. The van der Waals surface area contributed by atoms with Crippen LogP contribution in [-0.2, 0) is 6.61 Å². The molecule has 2 rings (SSSR count). The van der Waals surface area contributed by atoms with E-state index in [-0.39, 0.29) is 6.61 Å². The first-order valence-corrected chi connectivity index (χ1v) is 6.13. The van der Waals surface area contributed by atoms with Crippen LogP contribution in [0.25, 0.3) is 0 Å². The molecule has 2 atom stereocenters. The maximum Gasteiger partial charge on any atom is 0.122 e. The molecule has 92 valence electrons. The lowest BCUT2D eigenvalue weighted by molar-refractivity contribution is 0.197. The van der Waals surface area contributed by atoms with Gasteiger partial charge in [-0.2, -0.15) is 0 Å². The van der Waals surface area contributed by atoms with Gasteiger partial charge in [0.05, 0.1) is 18.9 Å². The first-order chi connectivity index (χ1) is 8.29. The van der Waals surface area contributed by atoms with Crippen LogP contribution >= 0.6 is 0 Å². The van der Waals surface area contributed by atoms with Gasteiger partial charge in [0.25, 0.3) is 0 Å². The van der Waals surface area contributed by atoms with E-state index in [4.69, 9.17) is 9.84 Å². The summed E-state index contributed by atoms with van der Waals surface area (Å²) in [7, 11) is 0. The average molecular weight is 233 g/mol. The maximum atomic E-state index is 8.99. The Kier molecular flexibility index (Phi) is 4.15. The molecule has 1 aliphatic rings. The predicted octanol–water partition coefficient (Wildman–Crippen LogP) is 2.56. The van der Waals surface area contributed by atoms with Crippen molar-refractivity contribution in [3.05, 3.63) is 36.2 Å². The van der Waals surface area contributed by atoms with E-state index in [0.29, 0.717) is 17.5 Å². The molecule has 0 spiro atoms. The van der Waals surface area contributed by atoms with Crippen molar-refractivity contribution in [2.75, 3.05) is 6.61 Å². The summed E-state index contributed by atoms with van der Waals surface area (Å²) in [5, 5.41) is 8.99. The van der Waals surface area contributed by atoms with Gasteiger partial charge in [-0.15, -0.1) is 0 Å². The number of rotatable bonds is 4. The van der Waals surface area contributed by atoms with Crippen molar-refractivity contribution in [1.82, 2.24) is 4.98 Å². The number of aliphatic hydroxyl groups excluding tert-OH is 1. The molecule has 17 heavy (non-hydrogen) atoms. The van der Waals surface area contributed by atoms with E-state index >= 15 is 0 Å². The number of aliphatic hydroxyl groups is 1. The Morgan fingerprint density at radius 2 is 2.24 bits per heavy atom. The van der Waals surface area contributed by atoms with Gasteiger partial charge in [0.15, 0.2) is 0 Å². The molecule has 3 nitrogen and oxygen atoms in total. The molecular formula is C14H19NO2. The van der Waals surface area contributed by atoms with E-state index in [1.807, 2.05) is 6.07 Å². The highest BCUT2D eigenvalue weighted by atomic mass is 16.5. The van der Waals surface area contributed by atoms with E-state index in [1.165, 1.54) is 0 Å². The Morgan fingerprint density at radius 1 is 1.41 bits per heavy atom. The molecule has 1 aromatic heterocycles. The zero-order chi connectivity index (χ0) is 12.1. The fraction of sp³-hybridized carbons (Fsp3) is 0.500. The Morgan fingerprint density at radius 3 is 3.00 bits per heavy atom. The molecule has 0 radical (unpaired) electrons. The fourth-order valence-electron chi connectivity index (χ4n) is 2.07. The summed E-state index contributed by atoms with van der Waals surface area (Å²) >= 11 is 0. The van der Waals surface area contributed by atoms with E-state index in [2.05, 4.69) is 24.1 Å². The Labute approximate surface area is 102 Å². The number of allylic oxidation sites excluding steroid dienone is 2. The molecule has 2 unspecified atom stereocenters. The van der Waals surface area contributed by atoms with Crippen molar-refractivity contribution in [2.24, 2.45) is 11.8 Å². The molecular weight excluding hydrogens is 214 g/mol. The highest BCUT2D eigenvalue weighted by Crippen LogP contribution is 2.25. The number of nitrogens with zero attached hydrogens (tertiary/aromatic N) is 1. The van der Waals surface area contributed by atoms with Crippen LogP contribution < -0.4 is 4.74 Å². The largest absolute Gasteiger partial charge is 0.493 e. The van der Waals surface area contributed by atoms with Crippen LogP contribution in [-0.4, -0.2) is 16.7 Å². The summed E-state index contributed by atoms with van der Waals surface area (Å²) in [6.45, 7) is 2.96. The van der Waals surface area contributed by atoms with E-state index in [9.17, 15) is 0 Å². The molecule has 1 N–H and O–H groups in total. The molecule has 1 heterocycles. The molecule has 1 aromatic rings. The van der Waals surface area contributed by atoms with Crippen molar-refractivity contribution in [3.63, 3.8) is 0 Å². The van der Waals surface area contributed by atoms with Gasteiger partial charge in [0.1, 0.15) is 5.75 Å². The zero-order valence-corrected chi connectivity index (χ0v) is 10.2. The Balaban J connectivity index is 1.90. The van der Waals surface area contributed by atoms with Crippen molar-refractivity contribution in [3.8, 4) is 5.75 Å². The Hall–Kier alpha value is -1.35. The van der Waals surface area contributed by atoms with E-state index in [1.54, 1.807) is 12.3 Å². The van der Waals surface area contributed by atoms with Gasteiger partial charge >= 0.3 is 0 Å². The lowest BCUT2D eigenvalue weighted by Gasteiger charge is -2.25. The number of aromatic nitrogens is 1. The highest BCUT2D eigenvalue weighted by Gasteiger charge is 2.18. The maximum absolute atomic E-state index is 8.99. The van der Waals surface area contributed by atoms with Gasteiger partial charge in [-0.05, 0) is 30.7 Å². The molecule has 1 aliphatic carbocycles. The summed E-state index contributed by atoms with van der Waals surface area (Å²) in [5.41, 5.74) is 0.652. The smallest absolute Gasteiger partial charge is 0.122 e. The second-order valence-electron chi connectivity index (χ2n) is 4.63. The second-order valence-corrected chi connectivity index (χ2v) is 4.63. The Bertz CT molecular complexity index is 390. The van der Waals surface area contributed by atoms with Crippen LogP contribution in [0.15, 0.2) is 30.5 Å². The third kappa shape index (κ3) is 3.30. The lowest BCUT2D eigenvalue weighted by atomic mass is 9.85. The zero-order valence-electron chi connectivity index (χ0n) is 10.2. The molecule has 0 fully saturated rings. The summed E-state index contributed by atoms with van der Waals surface area (Å²) in [5.74, 6) is 2.07. The summed E-state index contributed by atoms with van der Waals surface area (Å²) in [6.07, 6.45) is 8.40. The van der Waals surface area contributed by atoms with Crippen molar-refractivity contribution in [1.29, 1.82) is 0 Å². The van der Waals surface area contributed by atoms with Gasteiger partial charge in [-0.1, -0.05) is 19.1 Å². The second kappa shape index (κ2) is 5.82. The topological polar surface area (TPSA) is 42.4 Å². The van der Waals surface area contributed by atoms with Gasteiger partial charge in [0.2, 0.25) is 0 Å². The number of ether oxygens (including phenoxy) is 1. The van der Waals surface area contributed by atoms with E-state index < -0.39 is 0 Å². The van der Waals surface area contributed by atoms with Crippen molar-refractivity contribution < 1.29 is 9.84 Å². The molecule has 0 bridgehead atoms. The van der Waals surface area contributed by atoms with Crippen LogP contribution in [0.2, 0.25) is 0 Å². The minimum atomic E-state index is -0.0419. The quantitative estimate of drug-likeness (QED) is 0.813. The third-order valence-corrected chi connectivity index (χ3v) is 3.33.